The Labute approximate surface area is 167 Å². The quantitative estimate of drug-likeness (QED) is 0.564. The lowest BCUT2D eigenvalue weighted by molar-refractivity contribution is -0.141. The van der Waals surface area contributed by atoms with Gasteiger partial charge < -0.3 is 0 Å². The second-order valence-electron chi connectivity index (χ2n) is 6.47. The van der Waals surface area contributed by atoms with Crippen LogP contribution in [-0.4, -0.2) is 24.5 Å². The zero-order valence-corrected chi connectivity index (χ0v) is 16.2. The van der Waals surface area contributed by atoms with Gasteiger partial charge in [-0.1, -0.05) is 6.07 Å². The Bertz CT molecular complexity index is 1300. The molecule has 0 fully saturated rings. The number of aryl methyl sites for hydroxylation is 1. The monoisotopic (exact) mass is 441 g/mol. The van der Waals surface area contributed by atoms with Gasteiger partial charge in [0.25, 0.3) is 0 Å². The minimum atomic E-state index is -4.87. The van der Waals surface area contributed by atoms with Crippen molar-refractivity contribution in [1.29, 1.82) is 5.26 Å². The fraction of sp³-hybridized carbons (Fsp3) is 0.158. The average Bonchev–Trinajstić information content (AvgIpc) is 3.07. The van der Waals surface area contributed by atoms with E-state index in [4.69, 9.17) is 5.26 Å². The predicted octanol–water partition coefficient (Wildman–Crippen LogP) is 4.42. The molecule has 156 valence electrons. The van der Waals surface area contributed by atoms with Crippen molar-refractivity contribution >= 4 is 9.84 Å². The lowest BCUT2D eigenvalue weighted by Crippen LogP contribution is -2.10. The molecule has 0 saturated heterocycles. The molecule has 0 bridgehead atoms. The topological polar surface area (TPSA) is 75.8 Å². The van der Waals surface area contributed by atoms with Crippen LogP contribution in [0.25, 0.3) is 16.9 Å². The highest BCUT2D eigenvalue weighted by Crippen LogP contribution is 2.35. The molecule has 0 atom stereocenters. The van der Waals surface area contributed by atoms with E-state index >= 15 is 0 Å². The number of benzene rings is 2. The molecule has 0 N–H and O–H groups in total. The van der Waals surface area contributed by atoms with E-state index in [0.717, 1.165) is 0 Å². The van der Waals surface area contributed by atoms with Gasteiger partial charge in [0, 0.05) is 17.9 Å². The van der Waals surface area contributed by atoms with Gasteiger partial charge in [0.2, 0.25) is 0 Å². The summed E-state index contributed by atoms with van der Waals surface area (Å²) in [6.07, 6.45) is -4.20. The molecule has 0 aliphatic rings. The third-order valence-corrected chi connectivity index (χ3v) is 5.38. The van der Waals surface area contributed by atoms with Crippen LogP contribution in [0.15, 0.2) is 41.3 Å². The minimum Gasteiger partial charge on any atom is -0.229 e. The maximum atomic E-state index is 14.6. The van der Waals surface area contributed by atoms with Crippen LogP contribution in [0.5, 0.6) is 0 Å². The van der Waals surface area contributed by atoms with Crippen LogP contribution in [0.4, 0.5) is 22.0 Å². The summed E-state index contributed by atoms with van der Waals surface area (Å²) >= 11 is 0. The summed E-state index contributed by atoms with van der Waals surface area (Å²) < 4.78 is 92.4. The molecule has 11 heteroatoms. The molecule has 0 spiro atoms. The maximum absolute atomic E-state index is 14.6. The smallest absolute Gasteiger partial charge is 0.229 e. The first-order valence-electron chi connectivity index (χ1n) is 8.21. The van der Waals surface area contributed by atoms with Gasteiger partial charge in [-0.2, -0.15) is 23.5 Å². The van der Waals surface area contributed by atoms with Crippen molar-refractivity contribution in [3.05, 3.63) is 64.9 Å². The Morgan fingerprint density at radius 1 is 1.07 bits per heavy atom. The Kier molecular flexibility index (Phi) is 5.16. The van der Waals surface area contributed by atoms with Crippen molar-refractivity contribution in [2.24, 2.45) is 0 Å². The summed E-state index contributed by atoms with van der Waals surface area (Å²) in [5.74, 6) is -2.61. The van der Waals surface area contributed by atoms with E-state index in [0.29, 0.717) is 34.7 Å². The molecule has 3 rings (SSSR count). The first-order valence-corrected chi connectivity index (χ1v) is 10.1. The predicted molar refractivity (Wildman–Crippen MR) is 96.5 cm³/mol. The Balaban J connectivity index is 2.30. The molecule has 0 radical (unpaired) electrons. The van der Waals surface area contributed by atoms with Crippen LogP contribution in [0, 0.1) is 29.9 Å². The number of nitrogens with zero attached hydrogens (tertiary/aromatic N) is 3. The highest BCUT2D eigenvalue weighted by molar-refractivity contribution is 7.90. The highest BCUT2D eigenvalue weighted by atomic mass is 32.2. The second kappa shape index (κ2) is 7.21. The number of alkyl halides is 3. The number of hydrogen-bond donors (Lipinski definition) is 0. The standard InChI is InChI=1S/C19H12F5N3O2S/c1-10-5-11(3-4-12(10)9-25)15-8-18(19(22,23)24)26-27(15)16-6-14(21)17(7-13(16)20)30(2,28)29/h3-8H,1-2H3. The molecule has 3 aromatic rings. The molecule has 0 aliphatic heterocycles. The first kappa shape index (κ1) is 21.4. The SMILES string of the molecule is Cc1cc(-c2cc(C(F)(F)F)nn2-c2cc(F)c(S(C)(=O)=O)cc2F)ccc1C#N. The average molecular weight is 441 g/mol. The molecule has 2 aromatic carbocycles. The van der Waals surface area contributed by atoms with Crippen molar-refractivity contribution in [3.8, 4) is 23.0 Å². The van der Waals surface area contributed by atoms with Crippen molar-refractivity contribution in [3.63, 3.8) is 0 Å². The van der Waals surface area contributed by atoms with Crippen LogP contribution in [0.1, 0.15) is 16.8 Å². The number of aromatic nitrogens is 2. The molecular weight excluding hydrogens is 429 g/mol. The van der Waals surface area contributed by atoms with Crippen molar-refractivity contribution in [2.75, 3.05) is 6.26 Å². The number of nitriles is 1. The fourth-order valence-electron chi connectivity index (χ4n) is 2.82. The molecular formula is C19H12F5N3O2S. The molecule has 5 nitrogen and oxygen atoms in total. The number of halogens is 5. The van der Waals surface area contributed by atoms with Crippen molar-refractivity contribution in [2.45, 2.75) is 18.0 Å². The van der Waals surface area contributed by atoms with Crippen LogP contribution in [-0.2, 0) is 16.0 Å². The van der Waals surface area contributed by atoms with Crippen molar-refractivity contribution in [1.82, 2.24) is 9.78 Å². The zero-order valence-electron chi connectivity index (χ0n) is 15.4. The van der Waals surface area contributed by atoms with Gasteiger partial charge in [-0.15, -0.1) is 0 Å². The summed E-state index contributed by atoms with van der Waals surface area (Å²) in [6, 6.07) is 7.56. The van der Waals surface area contributed by atoms with E-state index in [1.165, 1.54) is 18.2 Å². The van der Waals surface area contributed by atoms with E-state index in [-0.39, 0.29) is 16.8 Å². The fourth-order valence-corrected chi connectivity index (χ4v) is 3.55. The second-order valence-corrected chi connectivity index (χ2v) is 8.46. The van der Waals surface area contributed by atoms with Gasteiger partial charge in [0.1, 0.15) is 22.2 Å². The largest absolute Gasteiger partial charge is 0.435 e. The van der Waals surface area contributed by atoms with Crippen LogP contribution in [0.2, 0.25) is 0 Å². The van der Waals surface area contributed by atoms with Gasteiger partial charge in [0.15, 0.2) is 15.5 Å². The van der Waals surface area contributed by atoms with E-state index in [1.54, 1.807) is 6.92 Å². The summed E-state index contributed by atoms with van der Waals surface area (Å²) in [5.41, 5.74) is -1.37. The van der Waals surface area contributed by atoms with Gasteiger partial charge in [-0.05, 0) is 36.8 Å². The molecule has 0 unspecified atom stereocenters. The third-order valence-electron chi connectivity index (χ3n) is 4.27. The van der Waals surface area contributed by atoms with Gasteiger partial charge in [-0.25, -0.2) is 21.9 Å². The Morgan fingerprint density at radius 2 is 1.73 bits per heavy atom. The summed E-state index contributed by atoms with van der Waals surface area (Å²) in [7, 11) is -4.10. The van der Waals surface area contributed by atoms with E-state index in [2.05, 4.69) is 5.10 Å². The Hall–Kier alpha value is -3.26. The molecule has 1 aromatic heterocycles. The maximum Gasteiger partial charge on any atom is 0.435 e. The van der Waals surface area contributed by atoms with Crippen molar-refractivity contribution < 1.29 is 30.4 Å². The first-order chi connectivity index (χ1) is 13.8. The number of sulfone groups is 1. The number of rotatable bonds is 3. The molecule has 0 amide bonds. The molecule has 0 saturated carbocycles. The van der Waals surface area contributed by atoms with E-state index < -0.39 is 43.9 Å². The summed E-state index contributed by atoms with van der Waals surface area (Å²) in [4.78, 5) is -0.928. The van der Waals surface area contributed by atoms with E-state index in [1.807, 2.05) is 6.07 Å². The normalized spacial score (nSPS) is 12.1. The van der Waals surface area contributed by atoms with Crippen LogP contribution in [0.3, 0.4) is 0 Å². The van der Waals surface area contributed by atoms with Gasteiger partial charge >= 0.3 is 6.18 Å². The summed E-state index contributed by atoms with van der Waals surface area (Å²) in [5, 5.41) is 12.4. The van der Waals surface area contributed by atoms with Crippen LogP contribution < -0.4 is 0 Å². The molecule has 30 heavy (non-hydrogen) atoms. The van der Waals surface area contributed by atoms with Gasteiger partial charge in [0.05, 0.1) is 17.3 Å². The highest BCUT2D eigenvalue weighted by Gasteiger charge is 2.36. The van der Waals surface area contributed by atoms with Crippen LogP contribution >= 0.6 is 0 Å². The number of hydrogen-bond acceptors (Lipinski definition) is 4. The van der Waals surface area contributed by atoms with E-state index in [9.17, 15) is 30.4 Å². The lowest BCUT2D eigenvalue weighted by Gasteiger charge is -2.11. The zero-order chi connectivity index (χ0) is 22.4. The van der Waals surface area contributed by atoms with Gasteiger partial charge in [-0.3, -0.25) is 0 Å². The minimum absolute atomic E-state index is 0.168. The molecule has 0 aliphatic carbocycles. The Morgan fingerprint density at radius 3 is 2.27 bits per heavy atom. The molecule has 1 heterocycles. The summed E-state index contributed by atoms with van der Waals surface area (Å²) in [6.45, 7) is 1.56. The lowest BCUT2D eigenvalue weighted by atomic mass is 10.0. The third kappa shape index (κ3) is 3.91.